The van der Waals surface area contributed by atoms with Crippen LogP contribution in [0.4, 0.5) is 11.9 Å². The molecule has 1 aliphatic heterocycles. The minimum absolute atomic E-state index is 0.161. The number of nitrogens with one attached hydrogen (secondary N) is 1. The van der Waals surface area contributed by atoms with Gasteiger partial charge in [0, 0.05) is 20.1 Å². The van der Waals surface area contributed by atoms with Crippen molar-refractivity contribution in [3.8, 4) is 6.01 Å². The highest BCUT2D eigenvalue weighted by molar-refractivity contribution is 5.38. The Balaban J connectivity index is 2.20. The second-order valence-electron chi connectivity index (χ2n) is 5.00. The Labute approximate surface area is 119 Å². The van der Waals surface area contributed by atoms with Gasteiger partial charge in [-0.25, -0.2) is 0 Å². The number of ether oxygens (including phenoxy) is 2. The number of anilines is 2. The molecule has 0 spiro atoms. The Hall–Kier alpha value is -1.63. The van der Waals surface area contributed by atoms with E-state index in [9.17, 15) is 0 Å². The first kappa shape index (κ1) is 14.8. The molecule has 1 N–H and O–H groups in total. The highest BCUT2D eigenvalue weighted by atomic mass is 16.5. The summed E-state index contributed by atoms with van der Waals surface area (Å²) in [4.78, 5) is 15.1. The largest absolute Gasteiger partial charge is 0.463 e. The fourth-order valence-corrected chi connectivity index (χ4v) is 2.20. The van der Waals surface area contributed by atoms with Crippen LogP contribution in [0.1, 0.15) is 27.2 Å². The van der Waals surface area contributed by atoms with Crippen LogP contribution < -0.4 is 15.0 Å². The summed E-state index contributed by atoms with van der Waals surface area (Å²) in [6.45, 7) is 8.29. The third-order valence-corrected chi connectivity index (χ3v) is 2.96. The van der Waals surface area contributed by atoms with Crippen LogP contribution in [0.25, 0.3) is 0 Å². The smallest absolute Gasteiger partial charge is 0.323 e. The maximum absolute atomic E-state index is 5.73. The third-order valence-electron chi connectivity index (χ3n) is 2.96. The highest BCUT2D eigenvalue weighted by Crippen LogP contribution is 2.19. The second kappa shape index (κ2) is 6.69. The van der Waals surface area contributed by atoms with Gasteiger partial charge in [-0.1, -0.05) is 6.92 Å². The van der Waals surface area contributed by atoms with Gasteiger partial charge in [0.15, 0.2) is 0 Å². The molecule has 20 heavy (non-hydrogen) atoms. The van der Waals surface area contributed by atoms with E-state index in [1.54, 1.807) is 7.05 Å². The number of nitrogens with zero attached hydrogens (tertiary/aromatic N) is 4. The second-order valence-corrected chi connectivity index (χ2v) is 5.00. The van der Waals surface area contributed by atoms with Gasteiger partial charge in [0.1, 0.15) is 0 Å². The zero-order chi connectivity index (χ0) is 14.5. The van der Waals surface area contributed by atoms with Crippen molar-refractivity contribution in [3.63, 3.8) is 0 Å². The molecule has 2 heterocycles. The lowest BCUT2D eigenvalue weighted by Crippen LogP contribution is -2.46. The predicted octanol–water partition coefficient (Wildman–Crippen LogP) is 1.32. The molecule has 7 heteroatoms. The van der Waals surface area contributed by atoms with Crippen LogP contribution in [-0.4, -0.2) is 53.9 Å². The van der Waals surface area contributed by atoms with Gasteiger partial charge in [0.05, 0.1) is 18.8 Å². The Kier molecular flexibility index (Phi) is 4.94. The van der Waals surface area contributed by atoms with E-state index in [4.69, 9.17) is 9.47 Å². The maximum Gasteiger partial charge on any atom is 0.323 e. The van der Waals surface area contributed by atoms with Crippen molar-refractivity contribution in [2.75, 3.05) is 37.0 Å². The van der Waals surface area contributed by atoms with Crippen molar-refractivity contribution < 1.29 is 9.47 Å². The summed E-state index contributed by atoms with van der Waals surface area (Å²) in [6, 6.07) is 0.369. The molecule has 0 amide bonds. The van der Waals surface area contributed by atoms with Crippen LogP contribution in [-0.2, 0) is 4.74 Å². The molecule has 7 nitrogen and oxygen atoms in total. The van der Waals surface area contributed by atoms with Crippen LogP contribution in [0.3, 0.4) is 0 Å². The molecular weight excluding hydrogens is 258 g/mol. The molecular formula is C13H23N5O2. The van der Waals surface area contributed by atoms with E-state index in [0.717, 1.165) is 19.5 Å². The monoisotopic (exact) mass is 281 g/mol. The normalized spacial score (nSPS) is 22.7. The van der Waals surface area contributed by atoms with E-state index in [1.807, 2.05) is 6.92 Å². The van der Waals surface area contributed by atoms with Crippen molar-refractivity contribution in [1.82, 2.24) is 15.0 Å². The van der Waals surface area contributed by atoms with Crippen molar-refractivity contribution in [3.05, 3.63) is 0 Å². The molecule has 0 bridgehead atoms. The van der Waals surface area contributed by atoms with Gasteiger partial charge in [0.25, 0.3) is 0 Å². The van der Waals surface area contributed by atoms with Crippen LogP contribution in [0.15, 0.2) is 0 Å². The lowest BCUT2D eigenvalue weighted by Gasteiger charge is -2.35. The molecule has 1 fully saturated rings. The number of hydrogen-bond donors (Lipinski definition) is 1. The quantitative estimate of drug-likeness (QED) is 0.872. The molecule has 2 atom stereocenters. The number of hydrogen-bond acceptors (Lipinski definition) is 7. The molecule has 1 aromatic heterocycles. The lowest BCUT2D eigenvalue weighted by atomic mass is 10.2. The van der Waals surface area contributed by atoms with Gasteiger partial charge >= 0.3 is 6.01 Å². The number of aromatic nitrogens is 3. The summed E-state index contributed by atoms with van der Waals surface area (Å²) in [5, 5.41) is 2.95. The molecule has 0 radical (unpaired) electrons. The van der Waals surface area contributed by atoms with E-state index in [2.05, 4.69) is 39.0 Å². The Morgan fingerprint density at radius 1 is 1.25 bits per heavy atom. The third kappa shape index (κ3) is 3.69. The van der Waals surface area contributed by atoms with Gasteiger partial charge in [-0.2, -0.15) is 15.0 Å². The Morgan fingerprint density at radius 2 is 1.95 bits per heavy atom. The Morgan fingerprint density at radius 3 is 2.55 bits per heavy atom. The topological polar surface area (TPSA) is 72.4 Å². The van der Waals surface area contributed by atoms with Gasteiger partial charge in [-0.15, -0.1) is 0 Å². The average Bonchev–Trinajstić information content (AvgIpc) is 2.43. The molecule has 0 aliphatic carbocycles. The summed E-state index contributed by atoms with van der Waals surface area (Å²) >= 11 is 0. The highest BCUT2D eigenvalue weighted by Gasteiger charge is 2.25. The standard InChI is InChI=1S/C13H23N5O2/c1-5-6-19-13-16-11(14-4)15-12(17-13)18-7-9(2)20-10(3)8-18/h9-10H,5-8H2,1-4H3,(H,14,15,16,17)/t9-,10+. The van der Waals surface area contributed by atoms with Crippen LogP contribution in [0, 0.1) is 0 Å². The summed E-state index contributed by atoms with van der Waals surface area (Å²) in [5.41, 5.74) is 0. The van der Waals surface area contributed by atoms with Gasteiger partial charge in [-0.3, -0.25) is 0 Å². The van der Waals surface area contributed by atoms with E-state index in [0.29, 0.717) is 24.5 Å². The van der Waals surface area contributed by atoms with Crippen LogP contribution in [0.2, 0.25) is 0 Å². The first-order valence-electron chi connectivity index (χ1n) is 7.09. The molecule has 112 valence electrons. The first-order valence-corrected chi connectivity index (χ1v) is 7.09. The predicted molar refractivity (Wildman–Crippen MR) is 77.4 cm³/mol. The average molecular weight is 281 g/mol. The van der Waals surface area contributed by atoms with Crippen LogP contribution >= 0.6 is 0 Å². The van der Waals surface area contributed by atoms with Crippen molar-refractivity contribution in [2.24, 2.45) is 0 Å². The van der Waals surface area contributed by atoms with Gasteiger partial charge < -0.3 is 19.7 Å². The van der Waals surface area contributed by atoms with E-state index < -0.39 is 0 Å². The minimum Gasteiger partial charge on any atom is -0.463 e. The van der Waals surface area contributed by atoms with Crippen molar-refractivity contribution in [1.29, 1.82) is 0 Å². The molecule has 2 rings (SSSR count). The van der Waals surface area contributed by atoms with Gasteiger partial charge in [0.2, 0.25) is 11.9 Å². The molecule has 0 saturated carbocycles. The lowest BCUT2D eigenvalue weighted by molar-refractivity contribution is -0.00577. The molecule has 0 unspecified atom stereocenters. The fourth-order valence-electron chi connectivity index (χ4n) is 2.20. The summed E-state index contributed by atoms with van der Waals surface area (Å²) < 4.78 is 11.3. The zero-order valence-corrected chi connectivity index (χ0v) is 12.6. The molecule has 0 aromatic carbocycles. The molecule has 1 aliphatic rings. The summed E-state index contributed by atoms with van der Waals surface area (Å²) in [7, 11) is 1.78. The van der Waals surface area contributed by atoms with E-state index in [-0.39, 0.29) is 12.2 Å². The van der Waals surface area contributed by atoms with Crippen LogP contribution in [0.5, 0.6) is 6.01 Å². The van der Waals surface area contributed by atoms with Crippen molar-refractivity contribution >= 4 is 11.9 Å². The van der Waals surface area contributed by atoms with E-state index in [1.165, 1.54) is 0 Å². The molecule has 1 saturated heterocycles. The minimum atomic E-state index is 0.161. The molecule has 1 aromatic rings. The number of rotatable bonds is 5. The SMILES string of the molecule is CCCOc1nc(NC)nc(N2C[C@@H](C)O[C@@H](C)C2)n1. The van der Waals surface area contributed by atoms with Gasteiger partial charge in [-0.05, 0) is 20.3 Å². The first-order chi connectivity index (χ1) is 9.62. The summed E-state index contributed by atoms with van der Waals surface area (Å²) in [6.07, 6.45) is 1.24. The van der Waals surface area contributed by atoms with E-state index >= 15 is 0 Å². The summed E-state index contributed by atoms with van der Waals surface area (Å²) in [5.74, 6) is 1.16. The van der Waals surface area contributed by atoms with Crippen molar-refractivity contribution in [2.45, 2.75) is 39.4 Å². The maximum atomic E-state index is 5.73. The Bertz CT molecular complexity index is 433. The zero-order valence-electron chi connectivity index (χ0n) is 12.6. The number of morpholine rings is 1. The fraction of sp³-hybridized carbons (Fsp3) is 0.769.